The van der Waals surface area contributed by atoms with Crippen molar-refractivity contribution in [3.8, 4) is 0 Å². The van der Waals surface area contributed by atoms with Gasteiger partial charge in [-0.15, -0.1) is 11.3 Å². The molecule has 2 amide bonds. The highest BCUT2D eigenvalue weighted by Gasteiger charge is 2.41. The van der Waals surface area contributed by atoms with Gasteiger partial charge in [0, 0.05) is 41.9 Å². The minimum atomic E-state index is -0.448. The highest BCUT2D eigenvalue weighted by Crippen LogP contribution is 2.34. The van der Waals surface area contributed by atoms with Crippen LogP contribution in [0.5, 0.6) is 0 Å². The van der Waals surface area contributed by atoms with Gasteiger partial charge in [0.15, 0.2) is 0 Å². The minimum absolute atomic E-state index is 0.0315. The fourth-order valence-electron chi connectivity index (χ4n) is 4.55. The van der Waals surface area contributed by atoms with E-state index in [1.165, 1.54) is 23.3 Å². The second-order valence-corrected chi connectivity index (χ2v) is 8.72. The van der Waals surface area contributed by atoms with Gasteiger partial charge >= 0.3 is 0 Å². The van der Waals surface area contributed by atoms with Crippen LogP contribution in [-0.4, -0.2) is 35.5 Å². The van der Waals surface area contributed by atoms with E-state index in [-0.39, 0.29) is 11.8 Å². The molecule has 0 radical (unpaired) electrons. The van der Waals surface area contributed by atoms with Crippen LogP contribution >= 0.6 is 11.3 Å². The largest absolute Gasteiger partial charge is 0.362 e. The number of likely N-dealkylation sites (tertiary alicyclic amines) is 1. The molecule has 3 heterocycles. The Labute approximate surface area is 162 Å². The maximum Gasteiger partial charge on any atom is 0.255 e. The third kappa shape index (κ3) is 2.83. The molecule has 5 rings (SSSR count). The number of hydrogen-bond acceptors (Lipinski definition) is 4. The molecule has 0 bridgehead atoms. The number of piperidine rings is 1. The molecule has 140 valence electrons. The molecular formula is C21H23N3O2S. The number of hydrogen-bond donors (Lipinski definition) is 2. The summed E-state index contributed by atoms with van der Waals surface area (Å²) < 4.78 is 0. The molecule has 1 spiro atoms. The predicted molar refractivity (Wildman–Crippen MR) is 106 cm³/mol. The molecule has 0 atom stereocenters. The van der Waals surface area contributed by atoms with E-state index < -0.39 is 5.66 Å². The summed E-state index contributed by atoms with van der Waals surface area (Å²) in [4.78, 5) is 28.9. The highest BCUT2D eigenvalue weighted by atomic mass is 32.1. The number of benzene rings is 1. The molecule has 3 aliphatic rings. The third-order valence-corrected chi connectivity index (χ3v) is 7.18. The maximum absolute atomic E-state index is 13.1. The number of nitrogens with one attached hydrogen (secondary N) is 2. The van der Waals surface area contributed by atoms with Gasteiger partial charge in [-0.2, -0.15) is 0 Å². The molecule has 27 heavy (non-hydrogen) atoms. The smallest absolute Gasteiger partial charge is 0.255 e. The van der Waals surface area contributed by atoms with Crippen LogP contribution in [0.1, 0.15) is 56.8 Å². The van der Waals surface area contributed by atoms with Crippen molar-refractivity contribution in [1.82, 2.24) is 10.2 Å². The van der Waals surface area contributed by atoms with Crippen molar-refractivity contribution in [2.24, 2.45) is 0 Å². The Kier molecular flexibility index (Phi) is 3.97. The van der Waals surface area contributed by atoms with Crippen molar-refractivity contribution >= 4 is 28.8 Å². The van der Waals surface area contributed by atoms with Gasteiger partial charge in [0.25, 0.3) is 11.8 Å². The number of carbonyl (C=O) groups excluding carboxylic acids is 2. The van der Waals surface area contributed by atoms with Crippen molar-refractivity contribution < 1.29 is 9.59 Å². The van der Waals surface area contributed by atoms with E-state index in [9.17, 15) is 9.59 Å². The quantitative estimate of drug-likeness (QED) is 0.796. The molecule has 2 aromatic rings. The first-order valence-electron chi connectivity index (χ1n) is 9.73. The van der Waals surface area contributed by atoms with Crippen molar-refractivity contribution in [2.75, 3.05) is 18.4 Å². The lowest BCUT2D eigenvalue weighted by molar-refractivity contribution is 0.0639. The van der Waals surface area contributed by atoms with E-state index >= 15 is 0 Å². The fraction of sp³-hybridized carbons (Fsp3) is 0.429. The Bertz CT molecular complexity index is 912. The van der Waals surface area contributed by atoms with Gasteiger partial charge in [0.1, 0.15) is 5.66 Å². The molecule has 0 saturated carbocycles. The first kappa shape index (κ1) is 16.8. The molecule has 1 aromatic carbocycles. The lowest BCUT2D eigenvalue weighted by Gasteiger charge is -2.45. The molecule has 1 aromatic heterocycles. The highest BCUT2D eigenvalue weighted by molar-refractivity contribution is 7.10. The third-order valence-electron chi connectivity index (χ3n) is 6.09. The average molecular weight is 382 g/mol. The number of fused-ring (bicyclic) bond motifs is 2. The summed E-state index contributed by atoms with van der Waals surface area (Å²) in [5.74, 6) is 0.128. The van der Waals surface area contributed by atoms with Gasteiger partial charge in [0.2, 0.25) is 0 Å². The molecule has 2 aliphatic heterocycles. The summed E-state index contributed by atoms with van der Waals surface area (Å²) >= 11 is 1.74. The molecule has 6 heteroatoms. The van der Waals surface area contributed by atoms with Crippen LogP contribution in [0.2, 0.25) is 0 Å². The molecule has 1 aliphatic carbocycles. The summed E-state index contributed by atoms with van der Waals surface area (Å²) in [5.41, 5.74) is 3.32. The van der Waals surface area contributed by atoms with E-state index in [1.54, 1.807) is 11.3 Å². The van der Waals surface area contributed by atoms with E-state index in [0.717, 1.165) is 24.1 Å². The fourth-order valence-corrected chi connectivity index (χ4v) is 5.67. The Balaban J connectivity index is 1.31. The zero-order valence-electron chi connectivity index (χ0n) is 15.2. The molecule has 2 N–H and O–H groups in total. The molecule has 5 nitrogen and oxygen atoms in total. The minimum Gasteiger partial charge on any atom is -0.362 e. The lowest BCUT2D eigenvalue weighted by Crippen LogP contribution is -2.62. The van der Waals surface area contributed by atoms with E-state index in [1.807, 2.05) is 29.2 Å². The summed E-state index contributed by atoms with van der Waals surface area (Å²) in [5, 5.41) is 8.72. The number of rotatable bonds is 1. The normalized spacial score (nSPS) is 20.4. The number of para-hydroxylation sites is 1. The van der Waals surface area contributed by atoms with Crippen LogP contribution in [0, 0.1) is 0 Å². The van der Waals surface area contributed by atoms with Crippen LogP contribution in [0.3, 0.4) is 0 Å². The van der Waals surface area contributed by atoms with Crippen molar-refractivity contribution in [3.05, 3.63) is 51.2 Å². The van der Waals surface area contributed by atoms with E-state index in [0.29, 0.717) is 31.5 Å². The Morgan fingerprint density at radius 3 is 2.70 bits per heavy atom. The first-order chi connectivity index (χ1) is 13.2. The van der Waals surface area contributed by atoms with Crippen LogP contribution in [0.25, 0.3) is 0 Å². The van der Waals surface area contributed by atoms with Crippen LogP contribution < -0.4 is 10.6 Å². The Hall–Kier alpha value is -2.34. The maximum atomic E-state index is 13.1. The number of aryl methyl sites for hydroxylation is 1. The number of amides is 2. The van der Waals surface area contributed by atoms with E-state index in [4.69, 9.17) is 0 Å². The van der Waals surface area contributed by atoms with Crippen molar-refractivity contribution in [3.63, 3.8) is 0 Å². The number of nitrogens with zero attached hydrogens (tertiary/aromatic N) is 1. The number of thiophene rings is 1. The van der Waals surface area contributed by atoms with Gasteiger partial charge in [-0.3, -0.25) is 9.59 Å². The summed E-state index contributed by atoms with van der Waals surface area (Å²) in [6, 6.07) is 7.60. The molecule has 1 fully saturated rings. The SMILES string of the molecule is O=C1NC2(CCN(C(=O)c3csc4c3CCCC4)CC2)Nc2ccccc21. The molecule has 1 saturated heterocycles. The molecule has 0 unspecified atom stereocenters. The van der Waals surface area contributed by atoms with Gasteiger partial charge in [-0.1, -0.05) is 12.1 Å². The molecular weight excluding hydrogens is 358 g/mol. The van der Waals surface area contributed by atoms with Crippen LogP contribution in [0.15, 0.2) is 29.6 Å². The number of carbonyl (C=O) groups is 2. The van der Waals surface area contributed by atoms with Crippen LogP contribution in [0.4, 0.5) is 5.69 Å². The summed E-state index contributed by atoms with van der Waals surface area (Å²) in [6.07, 6.45) is 6.00. The first-order valence-corrected chi connectivity index (χ1v) is 10.6. The van der Waals surface area contributed by atoms with E-state index in [2.05, 4.69) is 16.0 Å². The average Bonchev–Trinajstić information content (AvgIpc) is 3.12. The van der Waals surface area contributed by atoms with Crippen LogP contribution in [-0.2, 0) is 12.8 Å². The predicted octanol–water partition coefficient (Wildman–Crippen LogP) is 3.41. The van der Waals surface area contributed by atoms with Gasteiger partial charge in [-0.25, -0.2) is 0 Å². The second kappa shape index (κ2) is 6.37. The Morgan fingerprint density at radius 2 is 1.85 bits per heavy atom. The standard InChI is InChI=1S/C21H23N3O2S/c25-19-15-6-1-3-7-17(15)22-21(23-19)9-11-24(12-10-21)20(26)16-13-27-18-8-4-2-5-14(16)18/h1,3,6-7,13,22H,2,4-5,8-12H2,(H,23,25). The number of anilines is 1. The van der Waals surface area contributed by atoms with Gasteiger partial charge < -0.3 is 15.5 Å². The van der Waals surface area contributed by atoms with Gasteiger partial charge in [-0.05, 0) is 43.4 Å². The summed E-state index contributed by atoms with van der Waals surface area (Å²) in [6.45, 7) is 1.30. The summed E-state index contributed by atoms with van der Waals surface area (Å²) in [7, 11) is 0. The topological polar surface area (TPSA) is 61.4 Å². The zero-order chi connectivity index (χ0) is 18.4. The van der Waals surface area contributed by atoms with Gasteiger partial charge in [0.05, 0.1) is 11.1 Å². The Morgan fingerprint density at radius 1 is 1.07 bits per heavy atom. The van der Waals surface area contributed by atoms with Crippen molar-refractivity contribution in [1.29, 1.82) is 0 Å². The van der Waals surface area contributed by atoms with Crippen molar-refractivity contribution in [2.45, 2.75) is 44.2 Å². The lowest BCUT2D eigenvalue weighted by atomic mass is 9.91. The zero-order valence-corrected chi connectivity index (χ0v) is 16.0. The monoisotopic (exact) mass is 381 g/mol. The second-order valence-electron chi connectivity index (χ2n) is 7.76.